The van der Waals surface area contributed by atoms with Gasteiger partial charge < -0.3 is 9.88 Å². The first-order chi connectivity index (χ1) is 13.5. The van der Waals surface area contributed by atoms with E-state index in [0.717, 1.165) is 5.56 Å². The largest absolute Gasteiger partial charge is 0.325 e. The predicted molar refractivity (Wildman–Crippen MR) is 109 cm³/mol. The second-order valence-electron chi connectivity index (χ2n) is 6.25. The lowest BCUT2D eigenvalue weighted by Crippen LogP contribution is -2.25. The third-order valence-electron chi connectivity index (χ3n) is 4.20. The molecule has 0 aliphatic rings. The van der Waals surface area contributed by atoms with Crippen molar-refractivity contribution < 1.29 is 9.59 Å². The molecule has 1 N–H and O–H groups in total. The van der Waals surface area contributed by atoms with Gasteiger partial charge in [0.05, 0.1) is 5.25 Å². The van der Waals surface area contributed by atoms with Gasteiger partial charge >= 0.3 is 0 Å². The molecule has 0 aliphatic carbocycles. The number of aromatic nitrogens is 4. The van der Waals surface area contributed by atoms with Crippen LogP contribution in [0.5, 0.6) is 0 Å². The van der Waals surface area contributed by atoms with E-state index < -0.39 is 0 Å². The van der Waals surface area contributed by atoms with Gasteiger partial charge in [0.1, 0.15) is 0 Å². The summed E-state index contributed by atoms with van der Waals surface area (Å²) in [7, 11) is 1.87. The van der Waals surface area contributed by atoms with Crippen molar-refractivity contribution in [2.75, 3.05) is 5.32 Å². The fraction of sp³-hybridized carbons (Fsp3) is 0.250. The first-order valence-corrected chi connectivity index (χ1v) is 9.76. The first-order valence-electron chi connectivity index (χ1n) is 8.88. The number of ketones is 1. The smallest absolute Gasteiger partial charge is 0.237 e. The van der Waals surface area contributed by atoms with Gasteiger partial charge in [0.2, 0.25) is 5.91 Å². The number of nitrogens with one attached hydrogen (secondary N) is 1. The van der Waals surface area contributed by atoms with Gasteiger partial charge in [0, 0.05) is 36.3 Å². The van der Waals surface area contributed by atoms with Crippen molar-refractivity contribution in [1.82, 2.24) is 19.7 Å². The van der Waals surface area contributed by atoms with E-state index in [9.17, 15) is 9.59 Å². The van der Waals surface area contributed by atoms with Crippen LogP contribution in [-0.2, 0) is 11.8 Å². The Kier molecular flexibility index (Phi) is 6.20. The van der Waals surface area contributed by atoms with Crippen molar-refractivity contribution in [3.8, 4) is 11.4 Å². The Bertz CT molecular complexity index is 987. The lowest BCUT2D eigenvalue weighted by Gasteiger charge is -2.14. The van der Waals surface area contributed by atoms with Gasteiger partial charge in [0.25, 0.3) is 0 Å². The number of carbonyl (C=O) groups excluding carboxylic acids is 2. The van der Waals surface area contributed by atoms with Crippen LogP contribution in [0.25, 0.3) is 11.4 Å². The Balaban J connectivity index is 1.74. The zero-order valence-electron chi connectivity index (χ0n) is 15.9. The first kappa shape index (κ1) is 19.8. The Morgan fingerprint density at radius 3 is 2.71 bits per heavy atom. The van der Waals surface area contributed by atoms with Crippen LogP contribution < -0.4 is 5.32 Å². The zero-order valence-corrected chi connectivity index (χ0v) is 16.7. The van der Waals surface area contributed by atoms with Crippen molar-refractivity contribution in [2.45, 2.75) is 30.7 Å². The van der Waals surface area contributed by atoms with Gasteiger partial charge in [-0.15, -0.1) is 10.2 Å². The van der Waals surface area contributed by atoms with E-state index in [2.05, 4.69) is 20.5 Å². The molecule has 0 saturated carbocycles. The van der Waals surface area contributed by atoms with E-state index in [4.69, 9.17) is 0 Å². The highest BCUT2D eigenvalue weighted by molar-refractivity contribution is 8.00. The quantitative estimate of drug-likeness (QED) is 0.486. The molecule has 0 spiro atoms. The summed E-state index contributed by atoms with van der Waals surface area (Å²) in [6.45, 7) is 3.45. The van der Waals surface area contributed by atoms with Gasteiger partial charge in [-0.3, -0.25) is 14.6 Å². The topological polar surface area (TPSA) is 89.8 Å². The number of pyridine rings is 1. The zero-order chi connectivity index (χ0) is 20.1. The molecule has 7 nitrogen and oxygen atoms in total. The molecule has 3 aromatic rings. The molecule has 3 rings (SSSR count). The van der Waals surface area contributed by atoms with E-state index in [1.54, 1.807) is 36.7 Å². The van der Waals surface area contributed by atoms with Crippen LogP contribution in [0, 0.1) is 0 Å². The molecule has 0 aliphatic heterocycles. The maximum Gasteiger partial charge on any atom is 0.237 e. The molecule has 2 heterocycles. The number of anilines is 1. The summed E-state index contributed by atoms with van der Waals surface area (Å²) in [6.07, 6.45) is 4.05. The number of hydrogen-bond donors (Lipinski definition) is 1. The molecule has 1 atom stereocenters. The number of rotatable bonds is 7. The average molecular weight is 395 g/mol. The summed E-state index contributed by atoms with van der Waals surface area (Å²) < 4.78 is 1.86. The van der Waals surface area contributed by atoms with E-state index in [-0.39, 0.29) is 16.9 Å². The second-order valence-corrected chi connectivity index (χ2v) is 7.42. The minimum absolute atomic E-state index is 0.0421. The average Bonchev–Trinajstić information content (AvgIpc) is 3.07. The van der Waals surface area contributed by atoms with Crippen LogP contribution in [0.3, 0.4) is 0 Å². The maximum atomic E-state index is 12.7. The summed E-state index contributed by atoms with van der Waals surface area (Å²) in [5, 5.41) is 11.7. The van der Waals surface area contributed by atoms with Gasteiger partial charge in [-0.25, -0.2) is 0 Å². The highest BCUT2D eigenvalue weighted by Crippen LogP contribution is 2.27. The highest BCUT2D eigenvalue weighted by Gasteiger charge is 2.22. The highest BCUT2D eigenvalue weighted by atomic mass is 32.2. The van der Waals surface area contributed by atoms with Gasteiger partial charge in [0.15, 0.2) is 16.8 Å². The van der Waals surface area contributed by atoms with E-state index >= 15 is 0 Å². The maximum absolute atomic E-state index is 12.7. The van der Waals surface area contributed by atoms with E-state index in [0.29, 0.717) is 28.7 Å². The molecule has 0 bridgehead atoms. The summed E-state index contributed by atoms with van der Waals surface area (Å²) >= 11 is 1.36. The van der Waals surface area contributed by atoms with Gasteiger partial charge in [-0.2, -0.15) is 0 Å². The number of carbonyl (C=O) groups is 2. The fourth-order valence-electron chi connectivity index (χ4n) is 2.65. The Labute approximate surface area is 167 Å². The monoisotopic (exact) mass is 395 g/mol. The molecule has 0 saturated heterocycles. The fourth-order valence-corrected chi connectivity index (χ4v) is 3.57. The Hall–Kier alpha value is -3.00. The molecule has 144 valence electrons. The molecule has 0 radical (unpaired) electrons. The minimum atomic E-state index is -0.342. The summed E-state index contributed by atoms with van der Waals surface area (Å²) in [4.78, 5) is 28.4. The van der Waals surface area contributed by atoms with E-state index in [1.165, 1.54) is 18.7 Å². The van der Waals surface area contributed by atoms with Crippen LogP contribution in [0.1, 0.15) is 30.6 Å². The van der Waals surface area contributed by atoms with Crippen molar-refractivity contribution in [1.29, 1.82) is 0 Å². The van der Waals surface area contributed by atoms with Crippen LogP contribution in [0.15, 0.2) is 53.9 Å². The molecule has 0 unspecified atom stereocenters. The van der Waals surface area contributed by atoms with Crippen LogP contribution in [0.2, 0.25) is 0 Å². The molecule has 8 heteroatoms. The minimum Gasteiger partial charge on any atom is -0.325 e. The molecule has 1 amide bonds. The van der Waals surface area contributed by atoms with Crippen molar-refractivity contribution >= 4 is 29.1 Å². The van der Waals surface area contributed by atoms with Crippen molar-refractivity contribution in [3.05, 3.63) is 54.4 Å². The second kappa shape index (κ2) is 8.79. The predicted octanol–water partition coefficient (Wildman–Crippen LogP) is 3.59. The SMILES string of the molecule is CC[C@H](Sc1nnc(-c2cccnc2)n1C)C(=O)Nc1cccc(C(C)=O)c1. The number of hydrogen-bond acceptors (Lipinski definition) is 6. The molecule has 1 aromatic carbocycles. The van der Waals surface area contributed by atoms with Crippen LogP contribution in [-0.4, -0.2) is 36.7 Å². The molecule has 0 fully saturated rings. The normalized spacial score (nSPS) is 11.8. The third kappa shape index (κ3) is 4.45. The lowest BCUT2D eigenvalue weighted by atomic mass is 10.1. The third-order valence-corrected chi connectivity index (χ3v) is 5.60. The standard InChI is InChI=1S/C20H21N5O2S/c1-4-17(19(27)22-16-9-5-7-14(11-16)13(2)26)28-20-24-23-18(25(20)3)15-8-6-10-21-12-15/h5-12,17H,4H2,1-3H3,(H,22,27)/t17-/m0/s1. The Morgan fingerprint density at radius 1 is 1.21 bits per heavy atom. The molecular weight excluding hydrogens is 374 g/mol. The van der Waals surface area contributed by atoms with E-state index in [1.807, 2.05) is 30.7 Å². The van der Waals surface area contributed by atoms with Crippen LogP contribution >= 0.6 is 11.8 Å². The van der Waals surface area contributed by atoms with Gasteiger partial charge in [-0.1, -0.05) is 30.8 Å². The van der Waals surface area contributed by atoms with Crippen molar-refractivity contribution in [2.24, 2.45) is 7.05 Å². The number of Topliss-reactive ketones (excluding diaryl/α,β-unsaturated/α-hetero) is 1. The number of benzene rings is 1. The number of amides is 1. The lowest BCUT2D eigenvalue weighted by molar-refractivity contribution is -0.115. The number of nitrogens with zero attached hydrogens (tertiary/aromatic N) is 4. The number of thioether (sulfide) groups is 1. The summed E-state index contributed by atoms with van der Waals surface area (Å²) in [6, 6.07) is 10.7. The Morgan fingerprint density at radius 2 is 2.04 bits per heavy atom. The summed E-state index contributed by atoms with van der Waals surface area (Å²) in [5.74, 6) is 0.513. The molecule has 28 heavy (non-hydrogen) atoms. The van der Waals surface area contributed by atoms with Crippen molar-refractivity contribution in [3.63, 3.8) is 0 Å². The van der Waals surface area contributed by atoms with Crippen LogP contribution in [0.4, 0.5) is 5.69 Å². The molecule has 2 aromatic heterocycles. The molecular formula is C20H21N5O2S. The van der Waals surface area contributed by atoms with Gasteiger partial charge in [-0.05, 0) is 37.6 Å². The summed E-state index contributed by atoms with van der Waals surface area (Å²) in [5.41, 5.74) is 2.03.